The van der Waals surface area contributed by atoms with Gasteiger partial charge in [0.15, 0.2) is 0 Å². The largest absolute Gasteiger partial charge is 0.395 e. The minimum atomic E-state index is 0.176. The molecule has 3 nitrogen and oxygen atoms in total. The molecule has 1 heterocycles. The van der Waals surface area contributed by atoms with Crippen LogP contribution in [0.3, 0.4) is 0 Å². The van der Waals surface area contributed by atoms with Gasteiger partial charge in [0.1, 0.15) is 0 Å². The van der Waals surface area contributed by atoms with E-state index in [1.54, 1.807) is 0 Å². The third kappa shape index (κ3) is 2.43. The molecule has 0 aliphatic carbocycles. The van der Waals surface area contributed by atoms with Crippen LogP contribution in [-0.2, 0) is 0 Å². The molecule has 16 heavy (non-hydrogen) atoms. The first kappa shape index (κ1) is 11.6. The Morgan fingerprint density at radius 3 is 2.44 bits per heavy atom. The molecule has 0 amide bonds. The van der Waals surface area contributed by atoms with E-state index in [4.69, 9.17) is 5.11 Å². The molecule has 0 spiro atoms. The van der Waals surface area contributed by atoms with Gasteiger partial charge >= 0.3 is 0 Å². The van der Waals surface area contributed by atoms with Gasteiger partial charge in [0.2, 0.25) is 0 Å². The van der Waals surface area contributed by atoms with Crippen LogP contribution in [0.5, 0.6) is 0 Å². The molecule has 1 saturated heterocycles. The molecule has 1 aromatic rings. The van der Waals surface area contributed by atoms with Crippen LogP contribution in [-0.4, -0.2) is 17.8 Å². The number of benzene rings is 1. The van der Waals surface area contributed by atoms with E-state index in [0.29, 0.717) is 12.0 Å². The van der Waals surface area contributed by atoms with Gasteiger partial charge in [0.05, 0.1) is 6.61 Å². The number of aliphatic hydroxyl groups is 1. The number of aliphatic hydroxyl groups excluding tert-OH is 1. The first-order chi connectivity index (χ1) is 7.70. The highest BCUT2D eigenvalue weighted by molar-refractivity contribution is 5.27. The smallest absolute Gasteiger partial charge is 0.0598 e. The molecular formula is C13H20N2O. The normalized spacial score (nSPS) is 25.2. The average Bonchev–Trinajstić information content (AvgIpc) is 2.77. The van der Waals surface area contributed by atoms with Crippen molar-refractivity contribution in [2.24, 2.45) is 0 Å². The average molecular weight is 220 g/mol. The maximum atomic E-state index is 9.05. The second kappa shape index (κ2) is 4.95. The van der Waals surface area contributed by atoms with E-state index in [1.807, 2.05) is 0 Å². The van der Waals surface area contributed by atoms with E-state index in [2.05, 4.69) is 49.0 Å². The van der Waals surface area contributed by atoms with Gasteiger partial charge in [0.25, 0.3) is 0 Å². The van der Waals surface area contributed by atoms with Gasteiger partial charge in [-0.2, -0.15) is 0 Å². The predicted octanol–water partition coefficient (Wildman–Crippen LogP) is 1.71. The predicted molar refractivity (Wildman–Crippen MR) is 65.0 cm³/mol. The molecule has 1 fully saturated rings. The Kier molecular flexibility index (Phi) is 3.59. The van der Waals surface area contributed by atoms with Gasteiger partial charge in [-0.15, -0.1) is 0 Å². The molecule has 0 saturated carbocycles. The molecule has 3 heteroatoms. The lowest BCUT2D eigenvalue weighted by Crippen LogP contribution is -2.32. The van der Waals surface area contributed by atoms with Crippen molar-refractivity contribution in [1.29, 1.82) is 0 Å². The Hall–Kier alpha value is -0.900. The van der Waals surface area contributed by atoms with Crippen LogP contribution in [0.15, 0.2) is 24.3 Å². The van der Waals surface area contributed by atoms with Crippen molar-refractivity contribution in [2.75, 3.05) is 6.61 Å². The van der Waals surface area contributed by atoms with Gasteiger partial charge in [-0.3, -0.25) is 5.43 Å². The Bertz CT molecular complexity index is 334. The van der Waals surface area contributed by atoms with Gasteiger partial charge in [-0.05, 0) is 23.5 Å². The third-order valence-corrected chi connectivity index (χ3v) is 3.21. The second-order valence-electron chi connectivity index (χ2n) is 4.78. The molecule has 88 valence electrons. The SMILES string of the molecule is CC(C)c1ccc(C2CC(CO)NN2)cc1. The van der Waals surface area contributed by atoms with Crippen LogP contribution in [0.25, 0.3) is 0 Å². The molecule has 2 atom stereocenters. The van der Waals surface area contributed by atoms with E-state index in [0.717, 1.165) is 6.42 Å². The summed E-state index contributed by atoms with van der Waals surface area (Å²) < 4.78 is 0. The summed E-state index contributed by atoms with van der Waals surface area (Å²) in [7, 11) is 0. The summed E-state index contributed by atoms with van der Waals surface area (Å²) in [6.45, 7) is 4.59. The molecule has 1 aromatic carbocycles. The summed E-state index contributed by atoms with van der Waals surface area (Å²) in [4.78, 5) is 0. The Morgan fingerprint density at radius 1 is 1.25 bits per heavy atom. The second-order valence-corrected chi connectivity index (χ2v) is 4.78. The van der Waals surface area contributed by atoms with Crippen molar-refractivity contribution in [3.05, 3.63) is 35.4 Å². The van der Waals surface area contributed by atoms with Gasteiger partial charge in [-0.1, -0.05) is 38.1 Å². The molecule has 3 N–H and O–H groups in total. The lowest BCUT2D eigenvalue weighted by atomic mass is 9.97. The van der Waals surface area contributed by atoms with Crippen LogP contribution in [0.4, 0.5) is 0 Å². The third-order valence-electron chi connectivity index (χ3n) is 3.21. The summed E-state index contributed by atoms with van der Waals surface area (Å²) in [6, 6.07) is 9.22. The van der Waals surface area contributed by atoms with Crippen molar-refractivity contribution in [1.82, 2.24) is 10.9 Å². The van der Waals surface area contributed by atoms with Crippen molar-refractivity contribution in [3.8, 4) is 0 Å². The minimum absolute atomic E-state index is 0.176. The molecular weight excluding hydrogens is 200 g/mol. The van der Waals surface area contributed by atoms with E-state index < -0.39 is 0 Å². The number of nitrogens with one attached hydrogen (secondary N) is 2. The Labute approximate surface area is 96.8 Å². The van der Waals surface area contributed by atoms with Gasteiger partial charge in [-0.25, -0.2) is 5.43 Å². The van der Waals surface area contributed by atoms with Crippen LogP contribution >= 0.6 is 0 Å². The fraction of sp³-hybridized carbons (Fsp3) is 0.538. The lowest BCUT2D eigenvalue weighted by Gasteiger charge is -2.11. The van der Waals surface area contributed by atoms with E-state index in [1.165, 1.54) is 11.1 Å². The van der Waals surface area contributed by atoms with Gasteiger partial charge in [0, 0.05) is 12.1 Å². The summed E-state index contributed by atoms with van der Waals surface area (Å²) in [5.41, 5.74) is 8.96. The van der Waals surface area contributed by atoms with Crippen molar-refractivity contribution in [3.63, 3.8) is 0 Å². The first-order valence-corrected chi connectivity index (χ1v) is 5.92. The highest BCUT2D eigenvalue weighted by atomic mass is 16.3. The van der Waals surface area contributed by atoms with Gasteiger partial charge < -0.3 is 5.11 Å². The molecule has 2 rings (SSSR count). The van der Waals surface area contributed by atoms with Crippen LogP contribution in [0, 0.1) is 0 Å². The van der Waals surface area contributed by atoms with Crippen LogP contribution in [0.1, 0.15) is 43.4 Å². The molecule has 1 aliphatic rings. The summed E-state index contributed by atoms with van der Waals surface area (Å²) in [5.74, 6) is 0.578. The summed E-state index contributed by atoms with van der Waals surface area (Å²) in [5, 5.41) is 9.05. The molecule has 0 bridgehead atoms. The van der Waals surface area contributed by atoms with E-state index >= 15 is 0 Å². The Balaban J connectivity index is 2.05. The standard InChI is InChI=1S/C13H20N2O/c1-9(2)10-3-5-11(6-4-10)13-7-12(8-16)14-15-13/h3-6,9,12-16H,7-8H2,1-2H3. The van der Waals surface area contributed by atoms with E-state index in [-0.39, 0.29) is 12.6 Å². The Morgan fingerprint density at radius 2 is 1.94 bits per heavy atom. The van der Waals surface area contributed by atoms with Crippen LogP contribution in [0.2, 0.25) is 0 Å². The maximum Gasteiger partial charge on any atom is 0.0598 e. The maximum absolute atomic E-state index is 9.05. The zero-order chi connectivity index (χ0) is 11.5. The zero-order valence-electron chi connectivity index (χ0n) is 9.90. The lowest BCUT2D eigenvalue weighted by molar-refractivity contribution is 0.251. The summed E-state index contributed by atoms with van der Waals surface area (Å²) >= 11 is 0. The minimum Gasteiger partial charge on any atom is -0.395 e. The quantitative estimate of drug-likeness (QED) is 0.726. The first-order valence-electron chi connectivity index (χ1n) is 5.92. The summed E-state index contributed by atoms with van der Waals surface area (Å²) in [6.07, 6.45) is 0.942. The molecule has 2 unspecified atom stereocenters. The number of rotatable bonds is 3. The van der Waals surface area contributed by atoms with Crippen molar-refractivity contribution >= 4 is 0 Å². The fourth-order valence-electron chi connectivity index (χ4n) is 2.07. The monoisotopic (exact) mass is 220 g/mol. The van der Waals surface area contributed by atoms with E-state index in [9.17, 15) is 0 Å². The topological polar surface area (TPSA) is 44.3 Å². The number of hydrogen-bond acceptors (Lipinski definition) is 3. The number of hydrazine groups is 1. The molecule has 1 aliphatic heterocycles. The van der Waals surface area contributed by atoms with Crippen LogP contribution < -0.4 is 10.9 Å². The van der Waals surface area contributed by atoms with Crippen molar-refractivity contribution < 1.29 is 5.11 Å². The number of hydrogen-bond donors (Lipinski definition) is 3. The highest BCUT2D eigenvalue weighted by Crippen LogP contribution is 2.24. The fourth-order valence-corrected chi connectivity index (χ4v) is 2.07. The van der Waals surface area contributed by atoms with Crippen molar-refractivity contribution in [2.45, 2.75) is 38.3 Å². The zero-order valence-corrected chi connectivity index (χ0v) is 9.90. The highest BCUT2D eigenvalue weighted by Gasteiger charge is 2.23. The molecule has 0 aromatic heterocycles. The molecule has 0 radical (unpaired) electrons.